The molecule has 154 valence electrons. The number of hydrogen-bond donors (Lipinski definition) is 3. The molecule has 1 atom stereocenters. The van der Waals surface area contributed by atoms with Gasteiger partial charge in [-0.3, -0.25) is 9.59 Å². The summed E-state index contributed by atoms with van der Waals surface area (Å²) in [6.45, 7) is 11.4. The monoisotopic (exact) mass is 412 g/mol. The summed E-state index contributed by atoms with van der Waals surface area (Å²) in [5, 5.41) is 6.92. The smallest absolute Gasteiger partial charge is 0.256 e. The van der Waals surface area contributed by atoms with Crippen molar-refractivity contribution in [1.82, 2.24) is 15.2 Å². The van der Waals surface area contributed by atoms with Crippen molar-refractivity contribution in [2.45, 2.75) is 27.7 Å². The molecule has 2 heterocycles. The van der Waals surface area contributed by atoms with Crippen molar-refractivity contribution in [3.63, 3.8) is 0 Å². The Hall–Kier alpha value is -2.43. The zero-order valence-electron chi connectivity index (χ0n) is 17.5. The molecule has 0 bridgehead atoms. The number of rotatable bonds is 7. The molecule has 6 nitrogen and oxygen atoms in total. The molecule has 2 amide bonds. The first-order chi connectivity index (χ1) is 13.8. The third-order valence-corrected chi connectivity index (χ3v) is 5.79. The van der Waals surface area contributed by atoms with Crippen LogP contribution in [0.25, 0.3) is 11.6 Å². The van der Waals surface area contributed by atoms with Crippen LogP contribution >= 0.6 is 9.24 Å². The predicted molar refractivity (Wildman–Crippen MR) is 123 cm³/mol. The van der Waals surface area contributed by atoms with Gasteiger partial charge in [-0.05, 0) is 56.0 Å². The average Bonchev–Trinajstić information content (AvgIpc) is 3.14. The molecule has 2 aromatic rings. The summed E-state index contributed by atoms with van der Waals surface area (Å²) in [5.74, 6) is -0.218. The van der Waals surface area contributed by atoms with E-state index >= 15 is 0 Å². The Morgan fingerprint density at radius 1 is 1.24 bits per heavy atom. The molecule has 0 saturated heterocycles. The van der Waals surface area contributed by atoms with Gasteiger partial charge in [0.2, 0.25) is 0 Å². The van der Waals surface area contributed by atoms with E-state index in [1.165, 1.54) is 0 Å². The fourth-order valence-corrected chi connectivity index (χ4v) is 3.97. The van der Waals surface area contributed by atoms with E-state index < -0.39 is 0 Å². The van der Waals surface area contributed by atoms with E-state index in [9.17, 15) is 9.59 Å². The lowest BCUT2D eigenvalue weighted by Gasteiger charge is -2.18. The number of hydrogen-bond acceptors (Lipinski definition) is 3. The molecule has 1 aromatic carbocycles. The van der Waals surface area contributed by atoms with E-state index in [0.29, 0.717) is 17.7 Å². The Morgan fingerprint density at radius 3 is 2.66 bits per heavy atom. The standard InChI is InChI=1S/C22H29N4O2P/c1-5-26(6-2)10-9-23-22(28)20-13(3)19(24-14(20)4)12-17-16-11-15(29)7-8-18(16)25-21(17)27/h7-8,11-12,24H,5-6,9-10,29H2,1-4H3,(H,23,28)(H,25,27)/b17-12-. The van der Waals surface area contributed by atoms with Crippen molar-refractivity contribution < 1.29 is 9.59 Å². The Balaban J connectivity index is 1.83. The predicted octanol–water partition coefficient (Wildman–Crippen LogP) is 2.70. The molecule has 29 heavy (non-hydrogen) atoms. The summed E-state index contributed by atoms with van der Waals surface area (Å²) in [5.41, 5.74) is 5.36. The van der Waals surface area contributed by atoms with Gasteiger partial charge in [-0.15, -0.1) is 9.24 Å². The summed E-state index contributed by atoms with van der Waals surface area (Å²) in [6, 6.07) is 5.81. The van der Waals surface area contributed by atoms with Gasteiger partial charge < -0.3 is 20.5 Å². The van der Waals surface area contributed by atoms with Crippen LogP contribution in [0.3, 0.4) is 0 Å². The minimum atomic E-state index is -0.132. The molecule has 0 spiro atoms. The number of carbonyl (C=O) groups excluding carboxylic acids is 2. The van der Waals surface area contributed by atoms with E-state index in [1.54, 1.807) is 0 Å². The van der Waals surface area contributed by atoms with Crippen LogP contribution in [0.5, 0.6) is 0 Å². The molecule has 0 fully saturated rings. The van der Waals surface area contributed by atoms with Gasteiger partial charge in [0.1, 0.15) is 0 Å². The second-order valence-corrected chi connectivity index (χ2v) is 7.93. The van der Waals surface area contributed by atoms with Gasteiger partial charge in [0, 0.05) is 35.7 Å². The highest BCUT2D eigenvalue weighted by molar-refractivity contribution is 7.27. The van der Waals surface area contributed by atoms with Gasteiger partial charge >= 0.3 is 0 Å². The molecule has 1 aliphatic heterocycles. The Morgan fingerprint density at radius 2 is 1.97 bits per heavy atom. The first-order valence-corrected chi connectivity index (χ1v) is 10.6. The van der Waals surface area contributed by atoms with Crippen LogP contribution in [0.4, 0.5) is 5.69 Å². The summed E-state index contributed by atoms with van der Waals surface area (Å²) in [7, 11) is 2.65. The fourth-order valence-electron chi connectivity index (χ4n) is 3.71. The molecule has 1 aromatic heterocycles. The first-order valence-electron chi connectivity index (χ1n) is 9.98. The van der Waals surface area contributed by atoms with Gasteiger partial charge in [0.25, 0.3) is 11.8 Å². The fraction of sp³-hybridized carbons (Fsp3) is 0.364. The number of H-pyrrole nitrogens is 1. The lowest BCUT2D eigenvalue weighted by atomic mass is 10.0. The van der Waals surface area contributed by atoms with Crippen LogP contribution in [0, 0.1) is 13.8 Å². The second kappa shape index (κ2) is 8.93. The number of carbonyl (C=O) groups is 2. The van der Waals surface area contributed by atoms with Gasteiger partial charge in [-0.2, -0.15) is 0 Å². The summed E-state index contributed by atoms with van der Waals surface area (Å²) < 4.78 is 0. The largest absolute Gasteiger partial charge is 0.358 e. The quantitative estimate of drug-likeness (QED) is 0.483. The molecule has 3 rings (SSSR count). The van der Waals surface area contributed by atoms with Crippen molar-refractivity contribution in [3.8, 4) is 0 Å². The van der Waals surface area contributed by atoms with Gasteiger partial charge in [0.15, 0.2) is 0 Å². The van der Waals surface area contributed by atoms with E-state index in [4.69, 9.17) is 0 Å². The highest BCUT2D eigenvalue weighted by Crippen LogP contribution is 2.33. The van der Waals surface area contributed by atoms with E-state index in [2.05, 4.69) is 43.6 Å². The Kier molecular flexibility index (Phi) is 6.56. The van der Waals surface area contributed by atoms with E-state index in [1.807, 2.05) is 38.1 Å². The number of nitrogens with zero attached hydrogens (tertiary/aromatic N) is 1. The van der Waals surface area contributed by atoms with Crippen LogP contribution in [-0.2, 0) is 4.79 Å². The molecule has 0 saturated carbocycles. The zero-order valence-corrected chi connectivity index (χ0v) is 18.6. The van der Waals surface area contributed by atoms with Crippen LogP contribution in [0.1, 0.15) is 46.7 Å². The van der Waals surface area contributed by atoms with E-state index in [-0.39, 0.29) is 11.8 Å². The maximum Gasteiger partial charge on any atom is 0.256 e. The highest BCUT2D eigenvalue weighted by Gasteiger charge is 2.25. The van der Waals surface area contributed by atoms with Crippen LogP contribution in [0.2, 0.25) is 0 Å². The maximum atomic E-state index is 12.8. The third kappa shape index (κ3) is 4.44. The number of aromatic amines is 1. The Bertz CT molecular complexity index is 973. The second-order valence-electron chi connectivity index (χ2n) is 7.26. The van der Waals surface area contributed by atoms with Gasteiger partial charge in [-0.25, -0.2) is 0 Å². The average molecular weight is 412 g/mol. The van der Waals surface area contributed by atoms with Crippen LogP contribution in [-0.4, -0.2) is 47.9 Å². The van der Waals surface area contributed by atoms with Gasteiger partial charge in [0.05, 0.1) is 11.1 Å². The van der Waals surface area contributed by atoms with Crippen molar-refractivity contribution in [2.24, 2.45) is 0 Å². The van der Waals surface area contributed by atoms with Crippen molar-refractivity contribution in [3.05, 3.63) is 46.3 Å². The molecule has 1 aliphatic rings. The molecular weight excluding hydrogens is 383 g/mol. The molecule has 0 radical (unpaired) electrons. The number of aromatic nitrogens is 1. The lowest BCUT2D eigenvalue weighted by Crippen LogP contribution is -2.35. The van der Waals surface area contributed by atoms with Crippen molar-refractivity contribution in [1.29, 1.82) is 0 Å². The number of fused-ring (bicyclic) bond motifs is 1. The third-order valence-electron chi connectivity index (χ3n) is 5.43. The topological polar surface area (TPSA) is 77.2 Å². The molecule has 1 unspecified atom stereocenters. The Labute approximate surface area is 174 Å². The van der Waals surface area contributed by atoms with Crippen LogP contribution in [0.15, 0.2) is 18.2 Å². The zero-order chi connectivity index (χ0) is 21.1. The summed E-state index contributed by atoms with van der Waals surface area (Å²) in [4.78, 5) is 30.8. The SMILES string of the molecule is CCN(CC)CCNC(=O)c1c(C)[nH]c(/C=C2\C(=O)Nc3ccc(P)cc32)c1C. The molecule has 7 heteroatoms. The van der Waals surface area contributed by atoms with E-state index in [0.717, 1.165) is 53.1 Å². The van der Waals surface area contributed by atoms with Crippen LogP contribution < -0.4 is 15.9 Å². The molecule has 3 N–H and O–H groups in total. The number of benzene rings is 1. The number of nitrogens with one attached hydrogen (secondary N) is 3. The number of likely N-dealkylation sites (N-methyl/N-ethyl adjacent to an activating group) is 1. The van der Waals surface area contributed by atoms with Gasteiger partial charge in [-0.1, -0.05) is 19.9 Å². The lowest BCUT2D eigenvalue weighted by molar-refractivity contribution is -0.110. The molecular formula is C22H29N4O2P. The number of anilines is 1. The highest BCUT2D eigenvalue weighted by atomic mass is 31.0. The molecule has 0 aliphatic carbocycles. The normalized spacial score (nSPS) is 14.4. The number of amides is 2. The van der Waals surface area contributed by atoms with Crippen molar-refractivity contribution in [2.75, 3.05) is 31.5 Å². The first kappa shape index (κ1) is 21.3. The minimum absolute atomic E-state index is 0.0865. The summed E-state index contributed by atoms with van der Waals surface area (Å²) in [6.07, 6.45) is 1.83. The number of aryl methyl sites for hydroxylation is 1. The maximum absolute atomic E-state index is 12.8. The summed E-state index contributed by atoms with van der Waals surface area (Å²) >= 11 is 0. The van der Waals surface area contributed by atoms with Crippen molar-refractivity contribution >= 4 is 43.7 Å². The minimum Gasteiger partial charge on any atom is -0.358 e.